The van der Waals surface area contributed by atoms with Crippen molar-refractivity contribution in [2.24, 2.45) is 0 Å². The minimum Gasteiger partial charge on any atom is -0.452 e. The van der Waals surface area contributed by atoms with Gasteiger partial charge >= 0.3 is 12.0 Å². The molecule has 3 N–H and O–H groups in total. The van der Waals surface area contributed by atoms with E-state index < -0.39 is 24.5 Å². The van der Waals surface area contributed by atoms with Gasteiger partial charge in [0.25, 0.3) is 5.91 Å². The van der Waals surface area contributed by atoms with E-state index in [9.17, 15) is 19.2 Å². The summed E-state index contributed by atoms with van der Waals surface area (Å²) in [7, 11) is 0. The third-order valence-electron chi connectivity index (χ3n) is 4.58. The molecule has 4 amide bonds. The molecule has 0 bridgehead atoms. The van der Waals surface area contributed by atoms with E-state index in [1.54, 1.807) is 6.92 Å². The van der Waals surface area contributed by atoms with Crippen molar-refractivity contribution in [3.8, 4) is 0 Å². The lowest BCUT2D eigenvalue weighted by Gasteiger charge is -2.13. The molecule has 8 nitrogen and oxygen atoms in total. The largest absolute Gasteiger partial charge is 0.452 e. The lowest BCUT2D eigenvalue weighted by atomic mass is 9.97. The number of ether oxygens (including phenoxy) is 1. The Labute approximate surface area is 174 Å². The van der Waals surface area contributed by atoms with Gasteiger partial charge in [-0.15, -0.1) is 11.3 Å². The topological polar surface area (TPSA) is 114 Å². The molecular weight excluding hydrogens is 394 g/mol. The van der Waals surface area contributed by atoms with Crippen LogP contribution in [-0.4, -0.2) is 37.0 Å². The Morgan fingerprint density at radius 3 is 2.59 bits per heavy atom. The molecule has 0 saturated carbocycles. The second kappa shape index (κ2) is 10.8. The summed E-state index contributed by atoms with van der Waals surface area (Å²) in [6.45, 7) is 4.76. The van der Waals surface area contributed by atoms with Crippen LogP contribution in [0.25, 0.3) is 0 Å². The van der Waals surface area contributed by atoms with Gasteiger partial charge in [-0.05, 0) is 51.5 Å². The fraction of sp³-hybridized carbons (Fsp3) is 0.500. The number of aryl methyl sites for hydroxylation is 1. The number of urea groups is 1. The summed E-state index contributed by atoms with van der Waals surface area (Å²) in [6, 6.07) is -0.621. The Morgan fingerprint density at radius 2 is 1.93 bits per heavy atom. The van der Waals surface area contributed by atoms with Crippen LogP contribution < -0.4 is 16.0 Å². The number of hydrogen-bond acceptors (Lipinski definition) is 6. The molecule has 1 aliphatic carbocycles. The van der Waals surface area contributed by atoms with Gasteiger partial charge in [0.15, 0.2) is 6.61 Å². The van der Waals surface area contributed by atoms with E-state index in [1.165, 1.54) is 36.7 Å². The number of nitrogens with one attached hydrogen (secondary N) is 3. The number of carbonyl (C=O) groups is 4. The van der Waals surface area contributed by atoms with E-state index in [0.717, 1.165) is 24.1 Å². The molecular formula is C20H27N3O5S. The maximum atomic E-state index is 12.4. The number of hydrogen-bond donors (Lipinski definition) is 3. The van der Waals surface area contributed by atoms with E-state index in [2.05, 4.69) is 22.0 Å². The molecule has 1 aliphatic rings. The quantitative estimate of drug-likeness (QED) is 0.462. The molecule has 9 heteroatoms. The van der Waals surface area contributed by atoms with E-state index in [0.29, 0.717) is 17.1 Å². The van der Waals surface area contributed by atoms with Gasteiger partial charge in [0.2, 0.25) is 5.91 Å². The Balaban J connectivity index is 1.78. The molecule has 1 heterocycles. The summed E-state index contributed by atoms with van der Waals surface area (Å²) in [4.78, 5) is 48.2. The first-order chi connectivity index (χ1) is 13.8. The second-order valence-corrected chi connectivity index (χ2v) is 8.13. The second-order valence-electron chi connectivity index (χ2n) is 6.91. The molecule has 0 radical (unpaired) electrons. The summed E-state index contributed by atoms with van der Waals surface area (Å²) in [6.07, 6.45) is 7.49. The van der Waals surface area contributed by atoms with Crippen LogP contribution in [0.3, 0.4) is 0 Å². The van der Waals surface area contributed by atoms with Crippen molar-refractivity contribution in [3.63, 3.8) is 0 Å². The normalized spacial score (nSPS) is 13.3. The number of imide groups is 1. The third kappa shape index (κ3) is 7.01. The number of amides is 4. The van der Waals surface area contributed by atoms with Crippen molar-refractivity contribution in [1.29, 1.82) is 0 Å². The maximum Gasteiger partial charge on any atom is 0.341 e. The van der Waals surface area contributed by atoms with E-state index >= 15 is 0 Å². The number of carbonyl (C=O) groups excluding carboxylic acids is 4. The van der Waals surface area contributed by atoms with Crippen LogP contribution in [0.4, 0.5) is 9.80 Å². The first kappa shape index (κ1) is 22.6. The Bertz CT molecular complexity index is 828. The number of anilines is 1. The fourth-order valence-corrected chi connectivity index (χ4v) is 4.09. The number of thiophene rings is 1. The fourth-order valence-electron chi connectivity index (χ4n) is 3.00. The van der Waals surface area contributed by atoms with Gasteiger partial charge in [0.1, 0.15) is 5.00 Å². The van der Waals surface area contributed by atoms with E-state index in [-0.39, 0.29) is 11.5 Å². The summed E-state index contributed by atoms with van der Waals surface area (Å²) < 4.78 is 5.02. The number of rotatable bonds is 7. The molecule has 158 valence electrons. The Hall–Kier alpha value is -2.68. The number of allylic oxidation sites excluding steroid dienone is 1. The van der Waals surface area contributed by atoms with Gasteiger partial charge in [0.05, 0.1) is 5.56 Å². The summed E-state index contributed by atoms with van der Waals surface area (Å²) in [5, 5.41) is 7.74. The molecule has 1 aromatic rings. The van der Waals surface area contributed by atoms with Crippen molar-refractivity contribution in [2.75, 3.05) is 18.5 Å². The molecule has 0 saturated heterocycles. The average Bonchev–Trinajstić information content (AvgIpc) is 2.93. The molecule has 0 aromatic carbocycles. The van der Waals surface area contributed by atoms with Crippen molar-refractivity contribution >= 4 is 40.2 Å². The lowest BCUT2D eigenvalue weighted by molar-refractivity contribution is -0.123. The molecule has 1 aromatic heterocycles. The zero-order valence-corrected chi connectivity index (χ0v) is 17.8. The van der Waals surface area contributed by atoms with E-state index in [1.807, 2.05) is 6.92 Å². The first-order valence-corrected chi connectivity index (χ1v) is 10.4. The van der Waals surface area contributed by atoms with Crippen LogP contribution in [0, 0.1) is 13.8 Å². The van der Waals surface area contributed by atoms with Crippen LogP contribution in [-0.2, 0) is 14.3 Å². The third-order valence-corrected chi connectivity index (χ3v) is 5.71. The van der Waals surface area contributed by atoms with Gasteiger partial charge in [-0.1, -0.05) is 11.6 Å². The molecule has 0 unspecified atom stereocenters. The van der Waals surface area contributed by atoms with Gasteiger partial charge in [-0.2, -0.15) is 0 Å². The SMILES string of the molecule is CC(=O)Nc1sc(C)c(C)c1C(=O)OCC(=O)NC(=O)NCCC1=CCCCC1. The van der Waals surface area contributed by atoms with Gasteiger partial charge in [-0.3, -0.25) is 14.9 Å². The molecule has 0 aliphatic heterocycles. The first-order valence-electron chi connectivity index (χ1n) is 9.58. The van der Waals surface area contributed by atoms with Crippen LogP contribution in [0.1, 0.15) is 59.8 Å². The van der Waals surface area contributed by atoms with Crippen molar-refractivity contribution in [3.05, 3.63) is 27.7 Å². The van der Waals surface area contributed by atoms with Crippen molar-refractivity contribution < 1.29 is 23.9 Å². The molecule has 29 heavy (non-hydrogen) atoms. The highest BCUT2D eigenvalue weighted by atomic mass is 32.1. The Kier molecular flexibility index (Phi) is 8.38. The highest BCUT2D eigenvalue weighted by molar-refractivity contribution is 7.16. The van der Waals surface area contributed by atoms with E-state index in [4.69, 9.17) is 4.74 Å². The highest BCUT2D eigenvalue weighted by Crippen LogP contribution is 2.32. The molecule has 0 spiro atoms. The zero-order valence-electron chi connectivity index (χ0n) is 17.0. The predicted octanol–water partition coefficient (Wildman–Crippen LogP) is 3.20. The zero-order chi connectivity index (χ0) is 21.4. The minimum atomic E-state index is -0.726. The summed E-state index contributed by atoms with van der Waals surface area (Å²) in [5.41, 5.74) is 2.23. The molecule has 2 rings (SSSR count). The minimum absolute atomic E-state index is 0.223. The van der Waals surface area contributed by atoms with Crippen LogP contribution in [0.5, 0.6) is 0 Å². The van der Waals surface area contributed by atoms with Gasteiger partial charge < -0.3 is 15.4 Å². The predicted molar refractivity (Wildman–Crippen MR) is 111 cm³/mol. The monoisotopic (exact) mass is 421 g/mol. The average molecular weight is 422 g/mol. The lowest BCUT2D eigenvalue weighted by Crippen LogP contribution is -2.41. The highest BCUT2D eigenvalue weighted by Gasteiger charge is 2.22. The smallest absolute Gasteiger partial charge is 0.341 e. The molecule has 0 atom stereocenters. The van der Waals surface area contributed by atoms with Crippen LogP contribution in [0.2, 0.25) is 0 Å². The van der Waals surface area contributed by atoms with Crippen LogP contribution >= 0.6 is 11.3 Å². The summed E-state index contributed by atoms with van der Waals surface area (Å²) >= 11 is 1.26. The van der Waals surface area contributed by atoms with Crippen LogP contribution in [0.15, 0.2) is 11.6 Å². The standard InChI is InChI=1S/C20H27N3O5S/c1-12-13(2)29-18(22-14(3)24)17(12)19(26)28-11-16(25)23-20(27)21-10-9-15-7-5-4-6-8-15/h7H,4-6,8-11H2,1-3H3,(H,22,24)(H2,21,23,25,27). The van der Waals surface area contributed by atoms with Crippen molar-refractivity contribution in [2.45, 2.75) is 52.9 Å². The van der Waals surface area contributed by atoms with Crippen molar-refractivity contribution in [1.82, 2.24) is 10.6 Å². The maximum absolute atomic E-state index is 12.4. The Morgan fingerprint density at radius 1 is 1.17 bits per heavy atom. The van der Waals surface area contributed by atoms with Gasteiger partial charge in [-0.25, -0.2) is 9.59 Å². The summed E-state index contributed by atoms with van der Waals surface area (Å²) in [5.74, 6) is -1.76. The molecule has 0 fully saturated rings. The number of esters is 1. The van der Waals surface area contributed by atoms with Gasteiger partial charge in [0, 0.05) is 18.3 Å².